The molecule has 1 aromatic heterocycles. The van der Waals surface area contributed by atoms with E-state index in [0.29, 0.717) is 0 Å². The van der Waals surface area contributed by atoms with Gasteiger partial charge in [0, 0.05) is 21.8 Å². The Morgan fingerprint density at radius 3 is 1.66 bits per heavy atom. The Hall–Kier alpha value is -6.18. The lowest BCUT2D eigenvalue weighted by Gasteiger charge is -2.23. The maximum absolute atomic E-state index is 6.86. The second kappa shape index (κ2) is 9.94. The number of furan rings is 1. The molecule has 11 rings (SSSR count). The van der Waals surface area contributed by atoms with Crippen molar-refractivity contribution in [1.29, 1.82) is 0 Å². The average Bonchev–Trinajstić information content (AvgIpc) is 3.65. The first-order valence-corrected chi connectivity index (χ1v) is 17.5. The molecule has 1 heterocycles. The summed E-state index contributed by atoms with van der Waals surface area (Å²) >= 11 is 0. The molecule has 9 aromatic carbocycles. The molecule has 0 saturated heterocycles. The van der Waals surface area contributed by atoms with Crippen LogP contribution in [0.15, 0.2) is 162 Å². The van der Waals surface area contributed by atoms with Gasteiger partial charge in [-0.25, -0.2) is 0 Å². The molecule has 0 aliphatic heterocycles. The second-order valence-electron chi connectivity index (χ2n) is 14.4. The van der Waals surface area contributed by atoms with Crippen LogP contribution in [0.25, 0.3) is 98.4 Å². The number of rotatable bonds is 2. The normalized spacial score (nSPS) is 13.6. The fourth-order valence-electron chi connectivity index (χ4n) is 9.31. The van der Waals surface area contributed by atoms with Crippen molar-refractivity contribution in [3.63, 3.8) is 0 Å². The number of hydrogen-bond acceptors (Lipinski definition) is 1. The van der Waals surface area contributed by atoms with Crippen LogP contribution in [0.4, 0.5) is 0 Å². The van der Waals surface area contributed by atoms with Crippen LogP contribution in [-0.4, -0.2) is 0 Å². The van der Waals surface area contributed by atoms with E-state index in [1.807, 2.05) is 0 Å². The summed E-state index contributed by atoms with van der Waals surface area (Å²) in [7, 11) is 0. The third-order valence-corrected chi connectivity index (χ3v) is 11.4. The maximum Gasteiger partial charge on any atom is 0.140 e. The largest absolute Gasteiger partial charge is 0.456 e. The molecule has 10 aromatic rings. The predicted octanol–water partition coefficient (Wildman–Crippen LogP) is 13.8. The molecule has 0 unspecified atom stereocenters. The Labute approximate surface area is 290 Å². The molecular formula is C49H32O. The van der Waals surface area contributed by atoms with Crippen LogP contribution in [-0.2, 0) is 5.41 Å². The summed E-state index contributed by atoms with van der Waals surface area (Å²) in [6.07, 6.45) is 0. The highest BCUT2D eigenvalue weighted by Crippen LogP contribution is 2.55. The van der Waals surface area contributed by atoms with E-state index in [9.17, 15) is 0 Å². The number of fused-ring (bicyclic) bond motifs is 12. The number of hydrogen-bond donors (Lipinski definition) is 0. The highest BCUT2D eigenvalue weighted by atomic mass is 16.3. The van der Waals surface area contributed by atoms with E-state index in [2.05, 4.69) is 172 Å². The Morgan fingerprint density at radius 1 is 0.380 bits per heavy atom. The molecule has 0 saturated carbocycles. The fraction of sp³-hybridized carbons (Fsp3) is 0.0612. The highest BCUT2D eigenvalue weighted by Gasteiger charge is 2.39. The van der Waals surface area contributed by atoms with Gasteiger partial charge < -0.3 is 4.42 Å². The minimum Gasteiger partial charge on any atom is -0.456 e. The maximum atomic E-state index is 6.86. The summed E-state index contributed by atoms with van der Waals surface area (Å²) in [4.78, 5) is 0. The third kappa shape index (κ3) is 3.62. The zero-order valence-corrected chi connectivity index (χ0v) is 27.9. The molecule has 50 heavy (non-hydrogen) atoms. The molecule has 1 nitrogen and oxygen atoms in total. The topological polar surface area (TPSA) is 13.1 Å². The molecule has 1 aliphatic carbocycles. The summed E-state index contributed by atoms with van der Waals surface area (Å²) < 4.78 is 6.86. The Kier molecular flexibility index (Phi) is 5.51. The summed E-state index contributed by atoms with van der Waals surface area (Å²) in [6, 6.07) is 58.0. The van der Waals surface area contributed by atoms with Crippen LogP contribution in [0.1, 0.15) is 25.0 Å². The molecule has 0 bridgehead atoms. The summed E-state index contributed by atoms with van der Waals surface area (Å²) in [5.41, 5.74) is 12.0. The zero-order chi connectivity index (χ0) is 33.1. The summed E-state index contributed by atoms with van der Waals surface area (Å²) in [6.45, 7) is 4.72. The zero-order valence-electron chi connectivity index (χ0n) is 27.9. The van der Waals surface area contributed by atoms with Gasteiger partial charge in [-0.2, -0.15) is 0 Å². The minimum absolute atomic E-state index is 0.203. The molecule has 0 atom stereocenters. The SMILES string of the molecule is CC1(C)c2c(ccc3ccccc23)-c2ccc3c(oc4ccc(-c5c6ccccc6c(-c6cccc7ccccc67)c6ccccc56)cc43)c21. The van der Waals surface area contributed by atoms with Gasteiger partial charge >= 0.3 is 0 Å². The first-order valence-electron chi connectivity index (χ1n) is 17.5. The summed E-state index contributed by atoms with van der Waals surface area (Å²) in [5.74, 6) is 0. The molecule has 1 aliphatic rings. The van der Waals surface area contributed by atoms with Gasteiger partial charge in [-0.15, -0.1) is 0 Å². The number of benzene rings is 9. The predicted molar refractivity (Wildman–Crippen MR) is 212 cm³/mol. The molecular weight excluding hydrogens is 605 g/mol. The highest BCUT2D eigenvalue weighted by molar-refractivity contribution is 6.24. The summed E-state index contributed by atoms with van der Waals surface area (Å²) in [5, 5.41) is 12.5. The van der Waals surface area contributed by atoms with Crippen molar-refractivity contribution < 1.29 is 4.42 Å². The lowest BCUT2D eigenvalue weighted by atomic mass is 9.79. The monoisotopic (exact) mass is 636 g/mol. The van der Waals surface area contributed by atoms with E-state index in [1.165, 1.54) is 93.0 Å². The van der Waals surface area contributed by atoms with Crippen molar-refractivity contribution in [2.75, 3.05) is 0 Å². The van der Waals surface area contributed by atoms with Crippen molar-refractivity contribution in [1.82, 2.24) is 0 Å². The molecule has 0 radical (unpaired) electrons. The van der Waals surface area contributed by atoms with Crippen LogP contribution in [0.2, 0.25) is 0 Å². The molecule has 0 amide bonds. The first-order chi connectivity index (χ1) is 24.6. The average molecular weight is 637 g/mol. The molecule has 0 fully saturated rings. The van der Waals surface area contributed by atoms with Crippen LogP contribution in [0, 0.1) is 0 Å². The van der Waals surface area contributed by atoms with E-state index >= 15 is 0 Å². The van der Waals surface area contributed by atoms with Crippen molar-refractivity contribution in [3.8, 4) is 33.4 Å². The first kappa shape index (κ1) is 27.7. The van der Waals surface area contributed by atoms with Gasteiger partial charge in [0.15, 0.2) is 0 Å². The van der Waals surface area contributed by atoms with Gasteiger partial charge in [0.2, 0.25) is 0 Å². The van der Waals surface area contributed by atoms with E-state index in [0.717, 1.165) is 16.6 Å². The Balaban J connectivity index is 1.17. The van der Waals surface area contributed by atoms with Crippen molar-refractivity contribution >= 4 is 65.0 Å². The van der Waals surface area contributed by atoms with Crippen LogP contribution < -0.4 is 0 Å². The van der Waals surface area contributed by atoms with Crippen molar-refractivity contribution in [3.05, 3.63) is 169 Å². The molecule has 0 N–H and O–H groups in total. The lowest BCUT2D eigenvalue weighted by molar-refractivity contribution is 0.622. The van der Waals surface area contributed by atoms with E-state index in [4.69, 9.17) is 4.42 Å². The van der Waals surface area contributed by atoms with Gasteiger partial charge in [-0.05, 0) is 100 Å². The van der Waals surface area contributed by atoms with E-state index < -0.39 is 0 Å². The molecule has 234 valence electrons. The third-order valence-electron chi connectivity index (χ3n) is 11.4. The van der Waals surface area contributed by atoms with E-state index in [1.54, 1.807) is 0 Å². The Morgan fingerprint density at radius 2 is 0.940 bits per heavy atom. The molecule has 1 heteroatoms. The fourth-order valence-corrected chi connectivity index (χ4v) is 9.31. The standard InChI is InChI=1S/C49H32O/c1-49(2)46-33-16-6-4-13-30(33)22-24-39(46)40-25-26-41-42-28-31(23-27-43(42)50-48(41)47(40)49)44-35-17-7-9-19-37(35)45(38-20-10-8-18-36(38)44)34-21-11-14-29-12-3-5-15-32(29)34/h3-28H,1-2H3. The van der Waals surface area contributed by atoms with Gasteiger partial charge in [0.1, 0.15) is 11.2 Å². The van der Waals surface area contributed by atoms with Crippen molar-refractivity contribution in [2.24, 2.45) is 0 Å². The smallest absolute Gasteiger partial charge is 0.140 e. The second-order valence-corrected chi connectivity index (χ2v) is 14.4. The quantitative estimate of drug-likeness (QED) is 0.172. The van der Waals surface area contributed by atoms with Gasteiger partial charge in [0.25, 0.3) is 0 Å². The molecule has 0 spiro atoms. The van der Waals surface area contributed by atoms with Gasteiger partial charge in [-0.1, -0.05) is 153 Å². The van der Waals surface area contributed by atoms with Gasteiger partial charge in [-0.3, -0.25) is 0 Å². The van der Waals surface area contributed by atoms with Crippen LogP contribution in [0.5, 0.6) is 0 Å². The van der Waals surface area contributed by atoms with Gasteiger partial charge in [0.05, 0.1) is 0 Å². The lowest BCUT2D eigenvalue weighted by Crippen LogP contribution is -2.15. The van der Waals surface area contributed by atoms with E-state index in [-0.39, 0.29) is 5.41 Å². The minimum atomic E-state index is -0.203. The Bertz CT molecular complexity index is 3000. The van der Waals surface area contributed by atoms with Crippen LogP contribution >= 0.6 is 0 Å². The van der Waals surface area contributed by atoms with Crippen molar-refractivity contribution in [2.45, 2.75) is 19.3 Å². The van der Waals surface area contributed by atoms with Crippen LogP contribution in [0.3, 0.4) is 0 Å².